The minimum atomic E-state index is 0.333. The molecule has 2 atom stereocenters. The zero-order chi connectivity index (χ0) is 14.2. The number of nitrogens with two attached hydrogens (primary N) is 1. The van der Waals surface area contributed by atoms with Crippen molar-refractivity contribution in [3.8, 4) is 0 Å². The predicted molar refractivity (Wildman–Crippen MR) is 89.2 cm³/mol. The Labute approximate surface area is 125 Å². The van der Waals surface area contributed by atoms with E-state index in [-0.39, 0.29) is 0 Å². The van der Waals surface area contributed by atoms with Crippen LogP contribution in [0.15, 0.2) is 47.4 Å². The van der Waals surface area contributed by atoms with E-state index in [9.17, 15) is 0 Å². The number of hydrogen-bond donors (Lipinski definition) is 1. The first-order chi connectivity index (χ1) is 9.53. The molecular weight excluding hydrogens is 262 g/mol. The fraction of sp³-hybridized carbons (Fsp3) is 0.444. The summed E-state index contributed by atoms with van der Waals surface area (Å²) < 4.78 is 0. The van der Waals surface area contributed by atoms with Gasteiger partial charge in [-0.3, -0.25) is 0 Å². The van der Waals surface area contributed by atoms with E-state index in [0.717, 1.165) is 6.42 Å². The summed E-state index contributed by atoms with van der Waals surface area (Å²) in [7, 11) is 0. The fourth-order valence-electron chi connectivity index (χ4n) is 3.09. The van der Waals surface area contributed by atoms with Crippen molar-refractivity contribution in [2.45, 2.75) is 49.3 Å². The van der Waals surface area contributed by atoms with Crippen molar-refractivity contribution in [3.05, 3.63) is 42.5 Å². The van der Waals surface area contributed by atoms with Crippen molar-refractivity contribution in [3.63, 3.8) is 0 Å². The molecule has 0 bridgehead atoms. The smallest absolute Gasteiger partial charge is 0.0251 e. The minimum Gasteiger partial charge on any atom is -0.327 e. The lowest BCUT2D eigenvalue weighted by Gasteiger charge is -2.38. The van der Waals surface area contributed by atoms with Crippen molar-refractivity contribution in [2.75, 3.05) is 0 Å². The topological polar surface area (TPSA) is 26.0 Å². The Morgan fingerprint density at radius 3 is 2.65 bits per heavy atom. The Kier molecular flexibility index (Phi) is 3.78. The molecule has 20 heavy (non-hydrogen) atoms. The van der Waals surface area contributed by atoms with Crippen LogP contribution in [0.1, 0.15) is 33.1 Å². The molecule has 0 amide bonds. The van der Waals surface area contributed by atoms with Crippen LogP contribution in [0.5, 0.6) is 0 Å². The maximum Gasteiger partial charge on any atom is 0.0251 e. The summed E-state index contributed by atoms with van der Waals surface area (Å²) in [5.41, 5.74) is 6.77. The number of hydrogen-bond acceptors (Lipinski definition) is 2. The van der Waals surface area contributed by atoms with Crippen molar-refractivity contribution in [1.82, 2.24) is 0 Å². The number of thioether (sulfide) groups is 1. The van der Waals surface area contributed by atoms with Gasteiger partial charge in [-0.05, 0) is 47.6 Å². The van der Waals surface area contributed by atoms with Gasteiger partial charge in [0.05, 0.1) is 0 Å². The van der Waals surface area contributed by atoms with Crippen LogP contribution in [0.3, 0.4) is 0 Å². The predicted octanol–water partition coefficient (Wildman–Crippen LogP) is 4.84. The quantitative estimate of drug-likeness (QED) is 0.854. The summed E-state index contributed by atoms with van der Waals surface area (Å²) >= 11 is 1.96. The van der Waals surface area contributed by atoms with Crippen LogP contribution in [-0.4, -0.2) is 11.3 Å². The van der Waals surface area contributed by atoms with Gasteiger partial charge in [-0.1, -0.05) is 44.2 Å². The summed E-state index contributed by atoms with van der Waals surface area (Å²) in [6, 6.07) is 15.6. The standard InChI is InChI=1S/C18H23NS/c1-18(2)10-9-16(19)17(12-18)20-15-8-7-13-5-3-4-6-14(13)11-15/h3-8,11,16-17H,9-10,12,19H2,1-2H3. The molecule has 1 aliphatic rings. The second-order valence-corrected chi connectivity index (χ2v) is 8.05. The van der Waals surface area contributed by atoms with Gasteiger partial charge in [-0.15, -0.1) is 11.8 Å². The molecule has 3 rings (SSSR count). The van der Waals surface area contributed by atoms with E-state index in [1.807, 2.05) is 11.8 Å². The third kappa shape index (κ3) is 3.02. The average molecular weight is 285 g/mol. The Balaban J connectivity index is 1.81. The number of fused-ring (bicyclic) bond motifs is 1. The van der Waals surface area contributed by atoms with E-state index in [0.29, 0.717) is 16.7 Å². The zero-order valence-electron chi connectivity index (χ0n) is 12.3. The summed E-state index contributed by atoms with van der Waals surface area (Å²) in [6.45, 7) is 4.74. The van der Waals surface area contributed by atoms with Gasteiger partial charge >= 0.3 is 0 Å². The van der Waals surface area contributed by atoms with Gasteiger partial charge in [0.1, 0.15) is 0 Å². The van der Waals surface area contributed by atoms with E-state index < -0.39 is 0 Å². The highest BCUT2D eigenvalue weighted by Crippen LogP contribution is 2.42. The van der Waals surface area contributed by atoms with E-state index in [1.54, 1.807) is 0 Å². The molecule has 1 fully saturated rings. The second-order valence-electron chi connectivity index (χ2n) is 6.74. The molecule has 0 aromatic heterocycles. The maximum atomic E-state index is 6.34. The monoisotopic (exact) mass is 285 g/mol. The third-order valence-corrected chi connectivity index (χ3v) is 5.74. The largest absolute Gasteiger partial charge is 0.327 e. The third-order valence-electron chi connectivity index (χ3n) is 4.39. The highest BCUT2D eigenvalue weighted by molar-refractivity contribution is 8.00. The van der Waals surface area contributed by atoms with E-state index in [1.165, 1.54) is 28.5 Å². The lowest BCUT2D eigenvalue weighted by atomic mass is 9.75. The Morgan fingerprint density at radius 1 is 1.10 bits per heavy atom. The maximum absolute atomic E-state index is 6.34. The first-order valence-electron chi connectivity index (χ1n) is 7.45. The normalized spacial score (nSPS) is 25.8. The molecule has 106 valence electrons. The molecule has 1 saturated carbocycles. The number of benzene rings is 2. The van der Waals surface area contributed by atoms with Crippen molar-refractivity contribution in [2.24, 2.45) is 11.1 Å². The van der Waals surface area contributed by atoms with E-state index >= 15 is 0 Å². The molecule has 2 aromatic rings. The molecule has 2 aromatic carbocycles. The number of rotatable bonds is 2. The van der Waals surface area contributed by atoms with E-state index in [4.69, 9.17) is 5.73 Å². The SMILES string of the molecule is CC1(C)CCC(N)C(Sc2ccc3ccccc3c2)C1. The van der Waals surface area contributed by atoms with Crippen molar-refractivity contribution < 1.29 is 0 Å². The van der Waals surface area contributed by atoms with Crippen LogP contribution < -0.4 is 5.73 Å². The Morgan fingerprint density at radius 2 is 1.85 bits per heavy atom. The summed E-state index contributed by atoms with van der Waals surface area (Å²) in [4.78, 5) is 1.35. The minimum absolute atomic E-state index is 0.333. The second kappa shape index (κ2) is 5.42. The van der Waals surface area contributed by atoms with Gasteiger partial charge in [0.25, 0.3) is 0 Å². The first-order valence-corrected chi connectivity index (χ1v) is 8.33. The highest BCUT2D eigenvalue weighted by Gasteiger charge is 2.33. The van der Waals surface area contributed by atoms with Gasteiger partial charge in [0.2, 0.25) is 0 Å². The van der Waals surface area contributed by atoms with Gasteiger partial charge in [-0.2, -0.15) is 0 Å². The molecule has 2 unspecified atom stereocenters. The summed E-state index contributed by atoms with van der Waals surface area (Å²) in [5.74, 6) is 0. The van der Waals surface area contributed by atoms with Gasteiger partial charge in [0.15, 0.2) is 0 Å². The molecule has 1 nitrogen and oxygen atoms in total. The van der Waals surface area contributed by atoms with Crippen LogP contribution in [0, 0.1) is 5.41 Å². The van der Waals surface area contributed by atoms with Gasteiger partial charge in [0, 0.05) is 16.2 Å². The molecule has 0 spiro atoms. The molecule has 0 radical (unpaired) electrons. The Hall–Kier alpha value is -0.990. The summed E-state index contributed by atoms with van der Waals surface area (Å²) in [6.07, 6.45) is 3.62. The lowest BCUT2D eigenvalue weighted by molar-refractivity contribution is 0.232. The van der Waals surface area contributed by atoms with Crippen LogP contribution in [0.25, 0.3) is 10.8 Å². The van der Waals surface area contributed by atoms with Crippen LogP contribution in [-0.2, 0) is 0 Å². The van der Waals surface area contributed by atoms with Gasteiger partial charge in [-0.25, -0.2) is 0 Å². The van der Waals surface area contributed by atoms with E-state index in [2.05, 4.69) is 56.3 Å². The highest BCUT2D eigenvalue weighted by atomic mass is 32.2. The summed E-state index contributed by atoms with van der Waals surface area (Å²) in [5, 5.41) is 3.17. The lowest BCUT2D eigenvalue weighted by Crippen LogP contribution is -2.41. The molecule has 0 saturated heterocycles. The van der Waals surface area contributed by atoms with Crippen molar-refractivity contribution >= 4 is 22.5 Å². The van der Waals surface area contributed by atoms with Crippen LogP contribution in [0.2, 0.25) is 0 Å². The first kappa shape index (κ1) is 14.0. The molecule has 2 heteroatoms. The molecule has 0 heterocycles. The molecular formula is C18H23NS. The van der Waals surface area contributed by atoms with Crippen LogP contribution >= 0.6 is 11.8 Å². The fourth-order valence-corrected chi connectivity index (χ4v) is 4.62. The molecule has 2 N–H and O–H groups in total. The van der Waals surface area contributed by atoms with Crippen molar-refractivity contribution in [1.29, 1.82) is 0 Å². The Bertz CT molecular complexity index is 605. The van der Waals surface area contributed by atoms with Gasteiger partial charge < -0.3 is 5.73 Å². The molecule has 1 aliphatic carbocycles. The van der Waals surface area contributed by atoms with Crippen LogP contribution in [0.4, 0.5) is 0 Å². The molecule has 0 aliphatic heterocycles. The zero-order valence-corrected chi connectivity index (χ0v) is 13.1. The average Bonchev–Trinajstić information content (AvgIpc) is 2.43.